The summed E-state index contributed by atoms with van der Waals surface area (Å²) in [6.45, 7) is 4.38. The molecule has 3 rings (SSSR count). The number of piperazine rings is 1. The number of nitrogens with zero attached hydrogens (tertiary/aromatic N) is 3. The molecule has 0 N–H and O–H groups in total. The molecule has 0 unspecified atom stereocenters. The SMILES string of the molecule is Cc1ccc(Cl)cc1N1CCN(C(=O)c2cc(Cl)cc([N+](=O)[O-])c2)CC1. The highest BCUT2D eigenvalue weighted by molar-refractivity contribution is 6.31. The molecule has 1 fully saturated rings. The number of anilines is 1. The van der Waals surface area contributed by atoms with Crippen molar-refractivity contribution in [3.05, 3.63) is 67.7 Å². The summed E-state index contributed by atoms with van der Waals surface area (Å²) in [4.78, 5) is 27.0. The monoisotopic (exact) mass is 393 g/mol. The number of aryl methyl sites for hydroxylation is 1. The molecule has 0 radical (unpaired) electrons. The van der Waals surface area contributed by atoms with Crippen LogP contribution in [-0.2, 0) is 0 Å². The third kappa shape index (κ3) is 3.92. The van der Waals surface area contributed by atoms with Crippen LogP contribution in [0.5, 0.6) is 0 Å². The Kier molecular flexibility index (Phi) is 5.34. The van der Waals surface area contributed by atoms with Gasteiger partial charge in [-0.1, -0.05) is 29.3 Å². The molecule has 0 atom stereocenters. The second kappa shape index (κ2) is 7.51. The maximum Gasteiger partial charge on any atom is 0.271 e. The highest BCUT2D eigenvalue weighted by Gasteiger charge is 2.24. The van der Waals surface area contributed by atoms with Gasteiger partial charge in [0.1, 0.15) is 0 Å². The minimum absolute atomic E-state index is 0.177. The zero-order valence-electron chi connectivity index (χ0n) is 14.1. The van der Waals surface area contributed by atoms with Crippen LogP contribution in [0.3, 0.4) is 0 Å². The van der Waals surface area contributed by atoms with Gasteiger partial charge in [0, 0.05) is 59.6 Å². The van der Waals surface area contributed by atoms with Gasteiger partial charge < -0.3 is 9.80 Å². The third-order valence-electron chi connectivity index (χ3n) is 4.42. The van der Waals surface area contributed by atoms with Crippen LogP contribution in [0.25, 0.3) is 0 Å². The molecule has 1 heterocycles. The summed E-state index contributed by atoms with van der Waals surface area (Å²) in [6.07, 6.45) is 0. The summed E-state index contributed by atoms with van der Waals surface area (Å²) in [5.74, 6) is -0.252. The summed E-state index contributed by atoms with van der Waals surface area (Å²) in [7, 11) is 0. The molecule has 136 valence electrons. The van der Waals surface area contributed by atoms with Crippen LogP contribution in [-0.4, -0.2) is 41.9 Å². The number of rotatable bonds is 3. The molecule has 1 aliphatic rings. The van der Waals surface area contributed by atoms with Crippen molar-refractivity contribution < 1.29 is 9.72 Å². The standard InChI is InChI=1S/C18H17Cl2N3O3/c1-12-2-3-14(19)11-17(12)21-4-6-22(7-5-21)18(24)13-8-15(20)10-16(9-13)23(25)26/h2-3,8-11H,4-7H2,1H3. The fourth-order valence-electron chi connectivity index (χ4n) is 3.06. The Hall–Kier alpha value is -2.31. The number of nitro groups is 1. The van der Waals surface area contributed by atoms with E-state index in [1.54, 1.807) is 4.90 Å². The van der Waals surface area contributed by atoms with Crippen LogP contribution in [0, 0.1) is 17.0 Å². The van der Waals surface area contributed by atoms with Gasteiger partial charge in [0.15, 0.2) is 0 Å². The van der Waals surface area contributed by atoms with E-state index in [-0.39, 0.29) is 22.2 Å². The predicted octanol–water partition coefficient (Wildman–Crippen LogP) is 4.17. The molecule has 2 aromatic carbocycles. The van der Waals surface area contributed by atoms with Gasteiger partial charge in [0.05, 0.1) is 4.92 Å². The number of benzene rings is 2. The molecule has 0 spiro atoms. The first-order valence-corrected chi connectivity index (χ1v) is 8.86. The van der Waals surface area contributed by atoms with Crippen molar-refractivity contribution >= 4 is 40.5 Å². The van der Waals surface area contributed by atoms with E-state index in [1.165, 1.54) is 18.2 Å². The Balaban J connectivity index is 1.73. The highest BCUT2D eigenvalue weighted by Crippen LogP contribution is 2.26. The molecule has 2 aromatic rings. The number of non-ortho nitro benzene ring substituents is 1. The molecule has 6 nitrogen and oxygen atoms in total. The Morgan fingerprint density at radius 1 is 1.04 bits per heavy atom. The Morgan fingerprint density at radius 3 is 2.38 bits per heavy atom. The lowest BCUT2D eigenvalue weighted by atomic mass is 10.1. The van der Waals surface area contributed by atoms with E-state index in [1.807, 2.05) is 25.1 Å². The van der Waals surface area contributed by atoms with E-state index < -0.39 is 4.92 Å². The Morgan fingerprint density at radius 2 is 1.73 bits per heavy atom. The number of hydrogen-bond donors (Lipinski definition) is 0. The summed E-state index contributed by atoms with van der Waals surface area (Å²) in [5, 5.41) is 11.8. The smallest absolute Gasteiger partial charge is 0.271 e. The van der Waals surface area contributed by atoms with E-state index in [9.17, 15) is 14.9 Å². The minimum atomic E-state index is -0.553. The van der Waals surface area contributed by atoms with Crippen molar-refractivity contribution in [2.75, 3.05) is 31.1 Å². The minimum Gasteiger partial charge on any atom is -0.368 e. The van der Waals surface area contributed by atoms with Gasteiger partial charge in [-0.15, -0.1) is 0 Å². The molecule has 1 aliphatic heterocycles. The van der Waals surface area contributed by atoms with Crippen molar-refractivity contribution in [2.24, 2.45) is 0 Å². The van der Waals surface area contributed by atoms with Gasteiger partial charge in [-0.2, -0.15) is 0 Å². The number of halogens is 2. The maximum absolute atomic E-state index is 12.7. The lowest BCUT2D eigenvalue weighted by Crippen LogP contribution is -2.49. The topological polar surface area (TPSA) is 66.7 Å². The average Bonchev–Trinajstić information content (AvgIpc) is 2.62. The van der Waals surface area contributed by atoms with Crippen LogP contribution in [0.1, 0.15) is 15.9 Å². The van der Waals surface area contributed by atoms with Crippen molar-refractivity contribution in [3.63, 3.8) is 0 Å². The molecule has 1 amide bonds. The first kappa shape index (κ1) is 18.5. The zero-order valence-corrected chi connectivity index (χ0v) is 15.6. The quantitative estimate of drug-likeness (QED) is 0.579. The lowest BCUT2D eigenvalue weighted by Gasteiger charge is -2.37. The molecule has 26 heavy (non-hydrogen) atoms. The van der Waals surface area contributed by atoms with Crippen molar-refractivity contribution in [3.8, 4) is 0 Å². The van der Waals surface area contributed by atoms with E-state index in [0.717, 1.165) is 11.3 Å². The third-order valence-corrected chi connectivity index (χ3v) is 4.87. The van der Waals surface area contributed by atoms with E-state index in [0.29, 0.717) is 31.2 Å². The number of nitro benzene ring substituents is 1. The van der Waals surface area contributed by atoms with E-state index in [2.05, 4.69) is 4.90 Å². The molecule has 1 saturated heterocycles. The largest absolute Gasteiger partial charge is 0.368 e. The van der Waals surface area contributed by atoms with Crippen molar-refractivity contribution in [2.45, 2.75) is 6.92 Å². The fourth-order valence-corrected chi connectivity index (χ4v) is 3.45. The molecule has 8 heteroatoms. The fraction of sp³-hybridized carbons (Fsp3) is 0.278. The molecular formula is C18H17Cl2N3O3. The maximum atomic E-state index is 12.7. The van der Waals surface area contributed by atoms with Crippen LogP contribution in [0.15, 0.2) is 36.4 Å². The summed E-state index contributed by atoms with van der Waals surface area (Å²) >= 11 is 12.0. The van der Waals surface area contributed by atoms with Gasteiger partial charge in [0.25, 0.3) is 11.6 Å². The second-order valence-corrected chi connectivity index (χ2v) is 7.04. The number of carbonyl (C=O) groups excluding carboxylic acids is 1. The van der Waals surface area contributed by atoms with Gasteiger partial charge in [0.2, 0.25) is 0 Å². The number of hydrogen-bond acceptors (Lipinski definition) is 4. The molecule has 0 bridgehead atoms. The Labute approximate surface area is 161 Å². The van der Waals surface area contributed by atoms with Gasteiger partial charge in [-0.25, -0.2) is 0 Å². The van der Waals surface area contributed by atoms with E-state index >= 15 is 0 Å². The predicted molar refractivity (Wildman–Crippen MR) is 102 cm³/mol. The van der Waals surface area contributed by atoms with Crippen molar-refractivity contribution in [1.29, 1.82) is 0 Å². The van der Waals surface area contributed by atoms with Crippen LogP contribution in [0.2, 0.25) is 10.0 Å². The van der Waals surface area contributed by atoms with Crippen molar-refractivity contribution in [1.82, 2.24) is 4.90 Å². The van der Waals surface area contributed by atoms with Gasteiger partial charge in [-0.05, 0) is 30.7 Å². The molecular weight excluding hydrogens is 377 g/mol. The molecule has 0 aromatic heterocycles. The zero-order chi connectivity index (χ0) is 18.8. The molecule has 0 saturated carbocycles. The van der Waals surface area contributed by atoms with Crippen LogP contribution in [0.4, 0.5) is 11.4 Å². The lowest BCUT2D eigenvalue weighted by molar-refractivity contribution is -0.384. The van der Waals surface area contributed by atoms with Crippen LogP contribution >= 0.6 is 23.2 Å². The first-order valence-electron chi connectivity index (χ1n) is 8.10. The number of carbonyl (C=O) groups is 1. The number of amides is 1. The first-order chi connectivity index (χ1) is 12.3. The highest BCUT2D eigenvalue weighted by atomic mass is 35.5. The molecule has 0 aliphatic carbocycles. The summed E-state index contributed by atoms with van der Waals surface area (Å²) < 4.78 is 0. The normalized spacial score (nSPS) is 14.4. The second-order valence-electron chi connectivity index (χ2n) is 6.17. The van der Waals surface area contributed by atoms with Gasteiger partial charge in [-0.3, -0.25) is 14.9 Å². The summed E-state index contributed by atoms with van der Waals surface area (Å²) in [5.41, 5.74) is 2.23. The average molecular weight is 394 g/mol. The summed E-state index contributed by atoms with van der Waals surface area (Å²) in [6, 6.07) is 9.71. The van der Waals surface area contributed by atoms with E-state index in [4.69, 9.17) is 23.2 Å². The Bertz CT molecular complexity index is 865. The van der Waals surface area contributed by atoms with Crippen LogP contribution < -0.4 is 4.90 Å². The van der Waals surface area contributed by atoms with Gasteiger partial charge >= 0.3 is 0 Å².